The number of carbonyl (C=O) groups is 1. The lowest BCUT2D eigenvalue weighted by molar-refractivity contribution is -0.135. The van der Waals surface area contributed by atoms with Gasteiger partial charge in [0, 0.05) is 24.9 Å². The summed E-state index contributed by atoms with van der Waals surface area (Å²) in [5.41, 5.74) is 0.853. The molecule has 0 aromatic carbocycles. The average molecular weight is 319 g/mol. The number of nitrogens with one attached hydrogen (secondary N) is 1. The van der Waals surface area contributed by atoms with E-state index in [2.05, 4.69) is 28.8 Å². The van der Waals surface area contributed by atoms with Gasteiger partial charge in [-0.1, -0.05) is 13.8 Å². The van der Waals surface area contributed by atoms with Crippen molar-refractivity contribution in [3.63, 3.8) is 0 Å². The second-order valence-electron chi connectivity index (χ2n) is 6.00. The van der Waals surface area contributed by atoms with Crippen LogP contribution in [0.4, 0.5) is 0 Å². The predicted octanol–water partition coefficient (Wildman–Crippen LogP) is 1.62. The Morgan fingerprint density at radius 2 is 2.13 bits per heavy atom. The fraction of sp³-hybridized carbons (Fsp3) is 0.562. The maximum atomic E-state index is 12.8. The molecule has 0 saturated heterocycles. The van der Waals surface area contributed by atoms with Crippen LogP contribution in [-0.2, 0) is 11.3 Å². The summed E-state index contributed by atoms with van der Waals surface area (Å²) in [5, 5.41) is 9.29. The van der Waals surface area contributed by atoms with E-state index in [-0.39, 0.29) is 31.0 Å². The number of H-pyrrole nitrogens is 1. The molecule has 2 aromatic heterocycles. The highest BCUT2D eigenvalue weighted by Crippen LogP contribution is 2.19. The lowest BCUT2D eigenvalue weighted by Crippen LogP contribution is -2.38. The predicted molar refractivity (Wildman–Crippen MR) is 86.9 cm³/mol. The van der Waals surface area contributed by atoms with Crippen molar-refractivity contribution in [1.82, 2.24) is 24.4 Å². The molecule has 0 bridgehead atoms. The lowest BCUT2D eigenvalue weighted by atomic mass is 10.2. The van der Waals surface area contributed by atoms with Gasteiger partial charge in [-0.05, 0) is 13.8 Å². The normalized spacial score (nSPS) is 12.6. The molecular formula is C16H25N5O2. The number of aryl methyl sites for hydroxylation is 1. The Morgan fingerprint density at radius 1 is 1.39 bits per heavy atom. The monoisotopic (exact) mass is 319 g/mol. The zero-order valence-electron chi connectivity index (χ0n) is 14.2. The Bertz CT molecular complexity index is 646. The molecule has 0 aliphatic heterocycles. The Hall–Kier alpha value is -2.15. The number of aromatic nitrogens is 4. The summed E-state index contributed by atoms with van der Waals surface area (Å²) < 4.78 is 1.90. The first-order valence-corrected chi connectivity index (χ1v) is 7.86. The Balaban J connectivity index is 2.17. The zero-order valence-corrected chi connectivity index (χ0v) is 14.2. The Kier molecular flexibility index (Phi) is 5.54. The lowest BCUT2D eigenvalue weighted by Gasteiger charge is -2.26. The molecule has 0 spiro atoms. The number of nitrogens with zero attached hydrogens (tertiary/aromatic N) is 4. The first-order chi connectivity index (χ1) is 10.9. The number of rotatable bonds is 7. The minimum absolute atomic E-state index is 0.0498. The third-order valence-corrected chi connectivity index (χ3v) is 3.79. The summed E-state index contributed by atoms with van der Waals surface area (Å²) in [7, 11) is 0. The number of amides is 1. The standard InChI is InChI=1S/C16H25N5O2/c1-11(2)15-17-5-6-21(15)12(3)16(23)20(7-8-22)10-14-9-18-13(4)19-14/h5-6,9,11-12,22H,7-8,10H2,1-4H3,(H,18,19). The molecule has 2 N–H and O–H groups in total. The van der Waals surface area contributed by atoms with Crippen molar-refractivity contribution in [3.8, 4) is 0 Å². The van der Waals surface area contributed by atoms with Gasteiger partial charge in [0.1, 0.15) is 17.7 Å². The van der Waals surface area contributed by atoms with E-state index in [1.165, 1.54) is 0 Å². The van der Waals surface area contributed by atoms with E-state index in [4.69, 9.17) is 0 Å². The Labute approximate surface area is 136 Å². The number of imidazole rings is 2. The molecular weight excluding hydrogens is 294 g/mol. The van der Waals surface area contributed by atoms with E-state index in [0.29, 0.717) is 6.54 Å². The molecule has 1 atom stereocenters. The number of aromatic amines is 1. The molecule has 0 fully saturated rings. The number of hydrogen-bond acceptors (Lipinski definition) is 4. The summed E-state index contributed by atoms with van der Waals surface area (Å²) in [4.78, 5) is 26.1. The fourth-order valence-corrected chi connectivity index (χ4v) is 2.63. The second kappa shape index (κ2) is 7.41. The quantitative estimate of drug-likeness (QED) is 0.812. The molecule has 0 aliphatic carbocycles. The maximum absolute atomic E-state index is 12.8. The summed E-state index contributed by atoms with van der Waals surface area (Å²) >= 11 is 0. The molecule has 2 heterocycles. The molecule has 0 aliphatic rings. The highest BCUT2D eigenvalue weighted by molar-refractivity contribution is 5.80. The van der Waals surface area contributed by atoms with Gasteiger partial charge in [-0.3, -0.25) is 4.79 Å². The summed E-state index contributed by atoms with van der Waals surface area (Å²) in [5.74, 6) is 1.88. The van der Waals surface area contributed by atoms with E-state index in [0.717, 1.165) is 17.3 Å². The Morgan fingerprint density at radius 3 is 2.70 bits per heavy atom. The van der Waals surface area contributed by atoms with Crippen LogP contribution in [0, 0.1) is 6.92 Å². The largest absolute Gasteiger partial charge is 0.395 e. The SMILES string of the molecule is Cc1ncc(CN(CCO)C(=O)C(C)n2ccnc2C(C)C)[nH]1. The molecule has 126 valence electrons. The summed E-state index contributed by atoms with van der Waals surface area (Å²) in [6.07, 6.45) is 5.26. The van der Waals surface area contributed by atoms with Gasteiger partial charge >= 0.3 is 0 Å². The van der Waals surface area contributed by atoms with Crippen LogP contribution >= 0.6 is 0 Å². The first kappa shape index (κ1) is 17.2. The molecule has 7 heteroatoms. The van der Waals surface area contributed by atoms with E-state index >= 15 is 0 Å². The van der Waals surface area contributed by atoms with Crippen molar-refractivity contribution >= 4 is 5.91 Å². The average Bonchev–Trinajstić information content (AvgIpc) is 3.14. The maximum Gasteiger partial charge on any atom is 0.245 e. The van der Waals surface area contributed by atoms with Crippen molar-refractivity contribution in [1.29, 1.82) is 0 Å². The smallest absolute Gasteiger partial charge is 0.245 e. The van der Waals surface area contributed by atoms with Crippen LogP contribution in [0.2, 0.25) is 0 Å². The van der Waals surface area contributed by atoms with Gasteiger partial charge < -0.3 is 19.6 Å². The first-order valence-electron chi connectivity index (χ1n) is 7.86. The van der Waals surface area contributed by atoms with Crippen molar-refractivity contribution in [2.24, 2.45) is 0 Å². The van der Waals surface area contributed by atoms with Crippen LogP contribution in [0.15, 0.2) is 18.6 Å². The van der Waals surface area contributed by atoms with Crippen molar-refractivity contribution in [3.05, 3.63) is 35.9 Å². The van der Waals surface area contributed by atoms with Gasteiger partial charge in [-0.15, -0.1) is 0 Å². The molecule has 2 aromatic rings. The van der Waals surface area contributed by atoms with Gasteiger partial charge in [0.25, 0.3) is 0 Å². The topological polar surface area (TPSA) is 87.0 Å². The molecule has 2 rings (SSSR count). The highest BCUT2D eigenvalue weighted by atomic mass is 16.3. The second-order valence-corrected chi connectivity index (χ2v) is 6.00. The molecule has 0 radical (unpaired) electrons. The van der Waals surface area contributed by atoms with Gasteiger partial charge in [0.15, 0.2) is 0 Å². The van der Waals surface area contributed by atoms with E-state index < -0.39 is 0 Å². The fourth-order valence-electron chi connectivity index (χ4n) is 2.63. The third-order valence-electron chi connectivity index (χ3n) is 3.79. The van der Waals surface area contributed by atoms with Crippen molar-refractivity contribution < 1.29 is 9.90 Å². The molecule has 7 nitrogen and oxygen atoms in total. The van der Waals surface area contributed by atoms with Crippen LogP contribution in [-0.4, -0.2) is 48.6 Å². The molecule has 1 unspecified atom stereocenters. The highest BCUT2D eigenvalue weighted by Gasteiger charge is 2.24. The van der Waals surface area contributed by atoms with Crippen LogP contribution in [0.1, 0.15) is 50.1 Å². The molecule has 1 amide bonds. The van der Waals surface area contributed by atoms with Gasteiger partial charge in [-0.25, -0.2) is 9.97 Å². The van der Waals surface area contributed by atoms with Crippen LogP contribution in [0.25, 0.3) is 0 Å². The van der Waals surface area contributed by atoms with E-state index in [1.807, 2.05) is 24.6 Å². The zero-order chi connectivity index (χ0) is 17.0. The summed E-state index contributed by atoms with van der Waals surface area (Å²) in [6, 6.07) is -0.370. The third kappa shape index (κ3) is 3.98. The van der Waals surface area contributed by atoms with Crippen LogP contribution < -0.4 is 0 Å². The number of aliphatic hydroxyl groups is 1. The van der Waals surface area contributed by atoms with Crippen molar-refractivity contribution in [2.45, 2.75) is 46.2 Å². The van der Waals surface area contributed by atoms with E-state index in [1.54, 1.807) is 17.3 Å². The minimum Gasteiger partial charge on any atom is -0.395 e. The van der Waals surface area contributed by atoms with Crippen LogP contribution in [0.3, 0.4) is 0 Å². The summed E-state index contributed by atoms with van der Waals surface area (Å²) in [6.45, 7) is 8.43. The van der Waals surface area contributed by atoms with Crippen LogP contribution in [0.5, 0.6) is 0 Å². The number of aliphatic hydroxyl groups excluding tert-OH is 1. The van der Waals surface area contributed by atoms with Gasteiger partial charge in [0.05, 0.1) is 25.0 Å². The number of carbonyl (C=O) groups excluding carboxylic acids is 1. The van der Waals surface area contributed by atoms with Gasteiger partial charge in [-0.2, -0.15) is 0 Å². The van der Waals surface area contributed by atoms with E-state index in [9.17, 15) is 9.90 Å². The van der Waals surface area contributed by atoms with Gasteiger partial charge in [0.2, 0.25) is 5.91 Å². The van der Waals surface area contributed by atoms with Crippen molar-refractivity contribution in [2.75, 3.05) is 13.2 Å². The number of hydrogen-bond donors (Lipinski definition) is 2. The minimum atomic E-state index is -0.370. The molecule has 0 saturated carbocycles. The molecule has 23 heavy (non-hydrogen) atoms.